The van der Waals surface area contributed by atoms with E-state index in [1.165, 1.54) is 0 Å². The first-order valence-corrected chi connectivity index (χ1v) is 8.17. The second kappa shape index (κ2) is 6.14. The number of rotatable bonds is 3. The molecule has 0 saturated carbocycles. The normalized spacial score (nSPS) is 11.0. The lowest BCUT2D eigenvalue weighted by atomic mass is 10.2. The number of nitrogens with one attached hydrogen (secondary N) is 2. The Hall–Kier alpha value is -2.99. The minimum absolute atomic E-state index is 0.578. The van der Waals surface area contributed by atoms with Gasteiger partial charge in [0.15, 0.2) is 17.3 Å². The molecule has 0 spiro atoms. The minimum Gasteiger partial charge on any atom is -0.323 e. The van der Waals surface area contributed by atoms with E-state index in [1.807, 2.05) is 50.2 Å². The fourth-order valence-corrected chi connectivity index (χ4v) is 2.80. The summed E-state index contributed by atoms with van der Waals surface area (Å²) in [5.74, 6) is 1.95. The van der Waals surface area contributed by atoms with Crippen LogP contribution in [0.5, 0.6) is 0 Å². The van der Waals surface area contributed by atoms with Crippen molar-refractivity contribution in [2.24, 2.45) is 0 Å². The standard InChI is InChI=1S/C18H15ClN6/c1-10-11(2)21-17(12-6-3-4-8-14(12)19)22-15(10)23-18-13-7-5-9-20-16(13)24-25-18/h3-9H,1-2H3,(H2,20,21,22,23,24,25). The number of halogens is 1. The quantitative estimate of drug-likeness (QED) is 0.571. The van der Waals surface area contributed by atoms with Crippen LogP contribution in [-0.2, 0) is 0 Å². The Morgan fingerprint density at radius 1 is 1.00 bits per heavy atom. The van der Waals surface area contributed by atoms with Crippen molar-refractivity contribution in [2.45, 2.75) is 13.8 Å². The molecule has 124 valence electrons. The summed E-state index contributed by atoms with van der Waals surface area (Å²) in [6, 6.07) is 11.4. The number of H-pyrrole nitrogens is 1. The minimum atomic E-state index is 0.578. The third-order valence-electron chi connectivity index (χ3n) is 4.08. The van der Waals surface area contributed by atoms with Crippen LogP contribution in [0.3, 0.4) is 0 Å². The van der Waals surface area contributed by atoms with Gasteiger partial charge in [0.1, 0.15) is 5.82 Å². The SMILES string of the molecule is Cc1nc(-c2ccccc2Cl)nc(Nc2n[nH]c3ncccc23)c1C. The van der Waals surface area contributed by atoms with E-state index in [9.17, 15) is 0 Å². The number of hydrogen-bond acceptors (Lipinski definition) is 5. The summed E-state index contributed by atoms with van der Waals surface area (Å²) in [7, 11) is 0. The summed E-state index contributed by atoms with van der Waals surface area (Å²) in [6.07, 6.45) is 1.72. The van der Waals surface area contributed by atoms with E-state index >= 15 is 0 Å². The first-order chi connectivity index (χ1) is 12.1. The summed E-state index contributed by atoms with van der Waals surface area (Å²) in [5, 5.41) is 12.0. The average Bonchev–Trinajstić information content (AvgIpc) is 3.02. The van der Waals surface area contributed by atoms with E-state index < -0.39 is 0 Å². The molecule has 3 aromatic heterocycles. The molecule has 0 bridgehead atoms. The van der Waals surface area contributed by atoms with E-state index in [1.54, 1.807) is 6.20 Å². The predicted molar refractivity (Wildman–Crippen MR) is 99.1 cm³/mol. The molecule has 0 fully saturated rings. The lowest BCUT2D eigenvalue weighted by Gasteiger charge is -2.12. The molecule has 1 aromatic carbocycles. The van der Waals surface area contributed by atoms with Gasteiger partial charge < -0.3 is 5.32 Å². The van der Waals surface area contributed by atoms with Gasteiger partial charge in [-0.05, 0) is 38.1 Å². The van der Waals surface area contributed by atoms with Crippen molar-refractivity contribution >= 4 is 34.3 Å². The molecule has 0 aliphatic rings. The molecule has 3 heterocycles. The molecule has 4 rings (SSSR count). The van der Waals surface area contributed by atoms with Crippen LogP contribution in [-0.4, -0.2) is 25.1 Å². The molecular formula is C18H15ClN6. The van der Waals surface area contributed by atoms with Crippen LogP contribution in [0.2, 0.25) is 5.02 Å². The van der Waals surface area contributed by atoms with Gasteiger partial charge in [-0.15, -0.1) is 0 Å². The van der Waals surface area contributed by atoms with Crippen molar-refractivity contribution in [3.8, 4) is 11.4 Å². The summed E-state index contributed by atoms with van der Waals surface area (Å²) in [5.41, 5.74) is 3.35. The highest BCUT2D eigenvalue weighted by Gasteiger charge is 2.14. The molecule has 6 nitrogen and oxygen atoms in total. The highest BCUT2D eigenvalue weighted by atomic mass is 35.5. The van der Waals surface area contributed by atoms with E-state index in [4.69, 9.17) is 11.6 Å². The number of nitrogens with zero attached hydrogens (tertiary/aromatic N) is 4. The van der Waals surface area contributed by atoms with Gasteiger partial charge in [-0.3, -0.25) is 5.10 Å². The van der Waals surface area contributed by atoms with Crippen LogP contribution >= 0.6 is 11.6 Å². The molecule has 2 N–H and O–H groups in total. The first-order valence-electron chi connectivity index (χ1n) is 7.80. The van der Waals surface area contributed by atoms with Gasteiger partial charge in [0, 0.05) is 23.0 Å². The fourth-order valence-electron chi connectivity index (χ4n) is 2.58. The summed E-state index contributed by atoms with van der Waals surface area (Å²) >= 11 is 6.30. The number of aryl methyl sites for hydroxylation is 1. The van der Waals surface area contributed by atoms with Crippen LogP contribution in [0.4, 0.5) is 11.6 Å². The topological polar surface area (TPSA) is 79.4 Å². The lowest BCUT2D eigenvalue weighted by Crippen LogP contribution is -2.03. The largest absolute Gasteiger partial charge is 0.323 e. The Kier molecular flexibility index (Phi) is 3.82. The first kappa shape index (κ1) is 15.5. The zero-order valence-corrected chi connectivity index (χ0v) is 14.5. The average molecular weight is 351 g/mol. The van der Waals surface area contributed by atoms with Crippen molar-refractivity contribution in [3.05, 3.63) is 58.9 Å². The lowest BCUT2D eigenvalue weighted by molar-refractivity contribution is 1.06. The molecule has 25 heavy (non-hydrogen) atoms. The maximum atomic E-state index is 6.30. The van der Waals surface area contributed by atoms with Crippen LogP contribution < -0.4 is 5.32 Å². The second-order valence-electron chi connectivity index (χ2n) is 5.68. The van der Waals surface area contributed by atoms with Gasteiger partial charge in [0.05, 0.1) is 10.4 Å². The van der Waals surface area contributed by atoms with Crippen molar-refractivity contribution < 1.29 is 0 Å². The van der Waals surface area contributed by atoms with Crippen molar-refractivity contribution in [2.75, 3.05) is 5.32 Å². The van der Waals surface area contributed by atoms with Gasteiger partial charge in [0.2, 0.25) is 0 Å². The zero-order valence-electron chi connectivity index (χ0n) is 13.7. The van der Waals surface area contributed by atoms with E-state index in [0.29, 0.717) is 22.5 Å². The number of aromatic amines is 1. The Morgan fingerprint density at radius 2 is 1.84 bits per heavy atom. The van der Waals surface area contributed by atoms with Gasteiger partial charge in [-0.2, -0.15) is 5.10 Å². The van der Waals surface area contributed by atoms with Crippen molar-refractivity contribution in [1.29, 1.82) is 0 Å². The molecule has 0 radical (unpaired) electrons. The number of fused-ring (bicyclic) bond motifs is 1. The molecule has 0 saturated heterocycles. The van der Waals surface area contributed by atoms with Gasteiger partial charge in [0.25, 0.3) is 0 Å². The molecule has 0 aliphatic carbocycles. The van der Waals surface area contributed by atoms with Crippen LogP contribution in [0.1, 0.15) is 11.3 Å². The van der Waals surface area contributed by atoms with E-state index in [2.05, 4.69) is 30.5 Å². The summed E-state index contributed by atoms with van der Waals surface area (Å²) < 4.78 is 0. The fraction of sp³-hybridized carbons (Fsp3) is 0.111. The van der Waals surface area contributed by atoms with Gasteiger partial charge in [-0.1, -0.05) is 23.7 Å². The Morgan fingerprint density at radius 3 is 2.68 bits per heavy atom. The van der Waals surface area contributed by atoms with Gasteiger partial charge >= 0.3 is 0 Å². The number of hydrogen-bond donors (Lipinski definition) is 2. The van der Waals surface area contributed by atoms with Crippen molar-refractivity contribution in [1.82, 2.24) is 25.1 Å². The molecule has 0 aliphatic heterocycles. The predicted octanol–water partition coefficient (Wildman–Crippen LogP) is 4.43. The number of pyridine rings is 1. The van der Waals surface area contributed by atoms with Gasteiger partial charge in [-0.25, -0.2) is 15.0 Å². The molecule has 0 unspecified atom stereocenters. The highest BCUT2D eigenvalue weighted by molar-refractivity contribution is 6.33. The van der Waals surface area contributed by atoms with E-state index in [0.717, 1.165) is 27.9 Å². The van der Waals surface area contributed by atoms with Crippen molar-refractivity contribution in [3.63, 3.8) is 0 Å². The number of benzene rings is 1. The summed E-state index contributed by atoms with van der Waals surface area (Å²) in [4.78, 5) is 13.5. The maximum Gasteiger partial charge on any atom is 0.163 e. The van der Waals surface area contributed by atoms with Crippen LogP contribution in [0, 0.1) is 13.8 Å². The second-order valence-corrected chi connectivity index (χ2v) is 6.09. The summed E-state index contributed by atoms with van der Waals surface area (Å²) in [6.45, 7) is 3.92. The smallest absolute Gasteiger partial charge is 0.163 e. The molecular weight excluding hydrogens is 336 g/mol. The Bertz CT molecular complexity index is 1070. The van der Waals surface area contributed by atoms with E-state index in [-0.39, 0.29) is 0 Å². The third-order valence-corrected chi connectivity index (χ3v) is 4.41. The molecule has 7 heteroatoms. The Balaban J connectivity index is 1.81. The third kappa shape index (κ3) is 2.81. The number of aromatic nitrogens is 5. The molecule has 0 atom stereocenters. The number of anilines is 2. The highest BCUT2D eigenvalue weighted by Crippen LogP contribution is 2.29. The Labute approximate surface area is 149 Å². The monoisotopic (exact) mass is 350 g/mol. The molecule has 0 amide bonds. The van der Waals surface area contributed by atoms with Crippen LogP contribution in [0.15, 0.2) is 42.6 Å². The van der Waals surface area contributed by atoms with Crippen LogP contribution in [0.25, 0.3) is 22.4 Å². The zero-order chi connectivity index (χ0) is 17.4. The molecule has 4 aromatic rings. The maximum absolute atomic E-state index is 6.30.